The first kappa shape index (κ1) is 17.2. The Balaban J connectivity index is 1.66. The Morgan fingerprint density at radius 1 is 0.545 bits per heavy atom. The summed E-state index contributed by atoms with van der Waals surface area (Å²) in [5, 5.41) is 0. The van der Waals surface area contributed by atoms with Crippen molar-refractivity contribution < 1.29 is 11.4 Å². The van der Waals surface area contributed by atoms with Crippen LogP contribution in [0.15, 0.2) is 0 Å². The van der Waals surface area contributed by atoms with Crippen molar-refractivity contribution in [2.24, 2.45) is 17.8 Å². The molecule has 0 spiro atoms. The summed E-state index contributed by atoms with van der Waals surface area (Å²) in [4.78, 5) is 0. The van der Waals surface area contributed by atoms with Gasteiger partial charge < -0.3 is 11.4 Å². The van der Waals surface area contributed by atoms with Crippen molar-refractivity contribution in [1.29, 1.82) is 0 Å². The third kappa shape index (κ3) is 4.28. The fourth-order valence-electron chi connectivity index (χ4n) is 3.44. The third-order valence-electron chi connectivity index (χ3n) is 5.88. The molecule has 0 N–H and O–H groups in total. The molecule has 0 aliphatic heterocycles. The monoisotopic (exact) mass is 324 g/mol. The molecule has 0 heterocycles. The van der Waals surface area contributed by atoms with E-state index in [-0.39, 0.29) is 16.8 Å². The average molecular weight is 324 g/mol. The van der Waals surface area contributed by atoms with Crippen LogP contribution in [0.1, 0.15) is 80.1 Å². The van der Waals surface area contributed by atoms with E-state index in [2.05, 4.69) is 41.5 Å². The van der Waals surface area contributed by atoms with Gasteiger partial charge in [0.2, 0.25) is 0 Å². The SMILES string of the molecule is CC(C)([O][Al]([O]C(C)(C)C1CC1)[O]C(C)(C)C1CC1)C1CC1. The summed E-state index contributed by atoms with van der Waals surface area (Å²) in [5.41, 5.74) is -0.303. The lowest BCUT2D eigenvalue weighted by Gasteiger charge is -2.37. The molecule has 22 heavy (non-hydrogen) atoms. The van der Waals surface area contributed by atoms with Crippen LogP contribution < -0.4 is 0 Å². The molecule has 0 radical (unpaired) electrons. The van der Waals surface area contributed by atoms with Gasteiger partial charge in [0, 0.05) is 16.8 Å². The van der Waals surface area contributed by atoms with E-state index in [4.69, 9.17) is 11.4 Å². The van der Waals surface area contributed by atoms with Gasteiger partial charge in [0.1, 0.15) is 0 Å². The van der Waals surface area contributed by atoms with Crippen molar-refractivity contribution in [1.82, 2.24) is 0 Å². The minimum atomic E-state index is -2.16. The van der Waals surface area contributed by atoms with Crippen molar-refractivity contribution in [2.75, 3.05) is 0 Å². The normalized spacial score (nSPS) is 23.7. The van der Waals surface area contributed by atoms with Crippen LogP contribution in [-0.4, -0.2) is 32.0 Å². The second-order valence-electron chi connectivity index (χ2n) is 9.28. The lowest BCUT2D eigenvalue weighted by atomic mass is 10.0. The fourth-order valence-corrected chi connectivity index (χ4v) is 5.65. The Morgan fingerprint density at radius 3 is 0.955 bits per heavy atom. The Morgan fingerprint density at radius 2 is 0.773 bits per heavy atom. The maximum atomic E-state index is 6.48. The highest BCUT2D eigenvalue weighted by Gasteiger charge is 2.53. The predicted octanol–water partition coefficient (Wildman–Crippen LogP) is 4.59. The van der Waals surface area contributed by atoms with Crippen LogP contribution in [0, 0.1) is 17.8 Å². The first-order valence-electron chi connectivity index (χ1n) is 9.13. The molecule has 0 unspecified atom stereocenters. The molecule has 0 amide bonds. The molecule has 3 saturated carbocycles. The van der Waals surface area contributed by atoms with Gasteiger partial charge in [0.15, 0.2) is 0 Å². The number of hydrogen-bond acceptors (Lipinski definition) is 3. The second kappa shape index (κ2) is 5.74. The smallest absolute Gasteiger partial charge is 0.449 e. The molecule has 0 atom stereocenters. The van der Waals surface area contributed by atoms with Gasteiger partial charge in [0.25, 0.3) is 0 Å². The van der Waals surface area contributed by atoms with Crippen LogP contribution in [0.4, 0.5) is 0 Å². The van der Waals surface area contributed by atoms with E-state index in [1.165, 1.54) is 38.5 Å². The molecule has 0 saturated heterocycles. The van der Waals surface area contributed by atoms with Gasteiger partial charge in [-0.15, -0.1) is 0 Å². The quantitative estimate of drug-likeness (QED) is 0.581. The molecule has 3 rings (SSSR count). The summed E-state index contributed by atoms with van der Waals surface area (Å²) in [5.74, 6) is 2.05. The summed E-state index contributed by atoms with van der Waals surface area (Å²) >= 11 is -2.16. The van der Waals surface area contributed by atoms with E-state index in [0.717, 1.165) is 0 Å². The van der Waals surface area contributed by atoms with Gasteiger partial charge in [0.05, 0.1) is 0 Å². The standard InChI is InChI=1S/3C6H11O.Al/c3*1-6(2,7)5-3-4-5;/h3*5H,3-4H2,1-2H3;/q3*-1;+3. The highest BCUT2D eigenvalue weighted by molar-refractivity contribution is 6.37. The molecule has 3 aliphatic rings. The van der Waals surface area contributed by atoms with Gasteiger partial charge in [-0.25, -0.2) is 0 Å². The maximum absolute atomic E-state index is 6.48. The van der Waals surface area contributed by atoms with Crippen LogP contribution in [0.25, 0.3) is 0 Å². The van der Waals surface area contributed by atoms with Crippen molar-refractivity contribution >= 4 is 15.1 Å². The molecule has 4 heteroatoms. The Hall–Kier alpha value is 0.412. The Bertz CT molecular complexity index is 345. The van der Waals surface area contributed by atoms with Crippen molar-refractivity contribution in [3.63, 3.8) is 0 Å². The van der Waals surface area contributed by atoms with E-state index < -0.39 is 15.1 Å². The van der Waals surface area contributed by atoms with E-state index in [1.807, 2.05) is 0 Å². The van der Waals surface area contributed by atoms with Gasteiger partial charge in [-0.05, 0) is 97.8 Å². The van der Waals surface area contributed by atoms with Crippen molar-refractivity contribution in [2.45, 2.75) is 96.9 Å². The third-order valence-corrected chi connectivity index (χ3v) is 8.28. The molecule has 0 aromatic rings. The van der Waals surface area contributed by atoms with Gasteiger partial charge >= 0.3 is 15.1 Å². The zero-order chi connectivity index (χ0) is 16.2. The zero-order valence-electron chi connectivity index (χ0n) is 15.3. The first-order valence-corrected chi connectivity index (χ1v) is 10.5. The molecule has 3 nitrogen and oxygen atoms in total. The summed E-state index contributed by atoms with van der Waals surface area (Å²) in [6.07, 6.45) is 7.70. The van der Waals surface area contributed by atoms with Gasteiger partial charge in [-0.3, -0.25) is 0 Å². The molecular weight excluding hydrogens is 291 g/mol. The Kier molecular flexibility index (Phi) is 4.50. The van der Waals surface area contributed by atoms with E-state index in [0.29, 0.717) is 17.8 Å². The van der Waals surface area contributed by atoms with E-state index in [1.54, 1.807) is 0 Å². The highest BCUT2D eigenvalue weighted by Crippen LogP contribution is 2.46. The minimum absolute atomic E-state index is 0.101. The van der Waals surface area contributed by atoms with Crippen LogP contribution in [0.5, 0.6) is 0 Å². The summed E-state index contributed by atoms with van der Waals surface area (Å²) < 4.78 is 19.5. The zero-order valence-corrected chi connectivity index (χ0v) is 16.4. The summed E-state index contributed by atoms with van der Waals surface area (Å²) in [7, 11) is 0. The van der Waals surface area contributed by atoms with Crippen LogP contribution >= 0.6 is 0 Å². The topological polar surface area (TPSA) is 27.7 Å². The molecule has 0 bridgehead atoms. The molecule has 3 fully saturated rings. The maximum Gasteiger partial charge on any atom is 0.906 e. The van der Waals surface area contributed by atoms with Crippen LogP contribution in [-0.2, 0) is 11.4 Å². The fraction of sp³-hybridized carbons (Fsp3) is 1.00. The molecular formula is C18H33AlO3. The first-order chi connectivity index (χ1) is 10.1. The number of hydrogen-bond donors (Lipinski definition) is 0. The molecule has 0 aromatic carbocycles. The lowest BCUT2D eigenvalue weighted by Crippen LogP contribution is -2.49. The highest BCUT2D eigenvalue weighted by atomic mass is 27.3. The van der Waals surface area contributed by atoms with Crippen molar-refractivity contribution in [3.05, 3.63) is 0 Å². The number of rotatable bonds is 9. The predicted molar refractivity (Wildman–Crippen MR) is 89.4 cm³/mol. The average Bonchev–Trinajstić information content (AvgIpc) is 3.29. The molecule has 3 aliphatic carbocycles. The van der Waals surface area contributed by atoms with Crippen molar-refractivity contribution in [3.8, 4) is 0 Å². The van der Waals surface area contributed by atoms with Crippen LogP contribution in [0.2, 0.25) is 0 Å². The van der Waals surface area contributed by atoms with Gasteiger partial charge in [-0.1, -0.05) is 0 Å². The van der Waals surface area contributed by atoms with E-state index >= 15 is 0 Å². The van der Waals surface area contributed by atoms with Gasteiger partial charge in [-0.2, -0.15) is 0 Å². The summed E-state index contributed by atoms with van der Waals surface area (Å²) in [6, 6.07) is 0. The summed E-state index contributed by atoms with van der Waals surface area (Å²) in [6.45, 7) is 13.3. The molecule has 0 aromatic heterocycles. The minimum Gasteiger partial charge on any atom is -0.449 e. The largest absolute Gasteiger partial charge is 0.906 e. The Labute approximate surface area is 141 Å². The second-order valence-corrected chi connectivity index (χ2v) is 10.6. The lowest BCUT2D eigenvalue weighted by molar-refractivity contribution is -0.0806. The van der Waals surface area contributed by atoms with Crippen LogP contribution in [0.3, 0.4) is 0 Å². The van der Waals surface area contributed by atoms with E-state index in [9.17, 15) is 0 Å². The molecule has 126 valence electrons.